The molecule has 0 radical (unpaired) electrons. The summed E-state index contributed by atoms with van der Waals surface area (Å²) in [6, 6.07) is 14.1. The van der Waals surface area contributed by atoms with Gasteiger partial charge in [0.25, 0.3) is 11.8 Å². The van der Waals surface area contributed by atoms with E-state index in [4.69, 9.17) is 10.00 Å². The van der Waals surface area contributed by atoms with Gasteiger partial charge in [-0.1, -0.05) is 6.07 Å². The quantitative estimate of drug-likeness (QED) is 0.829. The fourth-order valence-corrected chi connectivity index (χ4v) is 2.83. The monoisotopic (exact) mass is 367 g/mol. The highest BCUT2D eigenvalue weighted by Crippen LogP contribution is 2.13. The molecule has 2 aromatic rings. The summed E-state index contributed by atoms with van der Waals surface area (Å²) in [6.07, 6.45) is 0. The van der Waals surface area contributed by atoms with Crippen molar-refractivity contribution >= 4 is 11.8 Å². The van der Waals surface area contributed by atoms with Crippen molar-refractivity contribution < 1.29 is 18.7 Å². The predicted molar refractivity (Wildman–Crippen MR) is 95.5 cm³/mol. The topological polar surface area (TPSA) is 73.6 Å². The van der Waals surface area contributed by atoms with E-state index in [2.05, 4.69) is 0 Å². The zero-order chi connectivity index (χ0) is 19.2. The van der Waals surface area contributed by atoms with Gasteiger partial charge >= 0.3 is 0 Å². The SMILES string of the molecule is N#Cc1cccc(C(=O)N2CCN(C(=O)COc3ccc(F)cc3)CC2)c1. The molecule has 6 nitrogen and oxygen atoms in total. The summed E-state index contributed by atoms with van der Waals surface area (Å²) in [5.41, 5.74) is 0.904. The summed E-state index contributed by atoms with van der Waals surface area (Å²) in [4.78, 5) is 28.1. The summed E-state index contributed by atoms with van der Waals surface area (Å²) in [5.74, 6) is -0.273. The molecule has 0 unspecified atom stereocenters. The van der Waals surface area contributed by atoms with Crippen LogP contribution >= 0.6 is 0 Å². The van der Waals surface area contributed by atoms with Gasteiger partial charge in [-0.05, 0) is 42.5 Å². The van der Waals surface area contributed by atoms with Gasteiger partial charge in [-0.15, -0.1) is 0 Å². The minimum absolute atomic E-state index is 0.135. The fourth-order valence-electron chi connectivity index (χ4n) is 2.83. The Morgan fingerprint density at radius 2 is 1.70 bits per heavy atom. The van der Waals surface area contributed by atoms with Gasteiger partial charge in [0.15, 0.2) is 6.61 Å². The van der Waals surface area contributed by atoms with Crippen LogP contribution in [0.2, 0.25) is 0 Å². The first kappa shape index (κ1) is 18.4. The second-order valence-corrected chi connectivity index (χ2v) is 6.11. The number of hydrogen-bond acceptors (Lipinski definition) is 4. The summed E-state index contributed by atoms with van der Waals surface area (Å²) < 4.78 is 18.2. The zero-order valence-electron chi connectivity index (χ0n) is 14.6. The molecular formula is C20H18FN3O3. The Morgan fingerprint density at radius 1 is 1.04 bits per heavy atom. The first-order chi connectivity index (χ1) is 13.1. The second-order valence-electron chi connectivity index (χ2n) is 6.11. The van der Waals surface area contributed by atoms with E-state index in [1.54, 1.807) is 34.1 Å². The van der Waals surface area contributed by atoms with Crippen molar-refractivity contribution in [2.24, 2.45) is 0 Å². The van der Waals surface area contributed by atoms with Crippen LogP contribution in [0, 0.1) is 17.1 Å². The van der Waals surface area contributed by atoms with Crippen molar-refractivity contribution in [1.82, 2.24) is 9.80 Å². The Morgan fingerprint density at radius 3 is 2.37 bits per heavy atom. The first-order valence-electron chi connectivity index (χ1n) is 8.52. The maximum Gasteiger partial charge on any atom is 0.260 e. The molecule has 0 N–H and O–H groups in total. The van der Waals surface area contributed by atoms with Crippen molar-refractivity contribution in [3.05, 3.63) is 65.5 Å². The van der Waals surface area contributed by atoms with E-state index in [1.165, 1.54) is 24.3 Å². The van der Waals surface area contributed by atoms with Gasteiger partial charge in [-0.3, -0.25) is 9.59 Å². The number of ether oxygens (including phenoxy) is 1. The van der Waals surface area contributed by atoms with E-state index in [9.17, 15) is 14.0 Å². The molecule has 1 saturated heterocycles. The van der Waals surface area contributed by atoms with Gasteiger partial charge in [0.05, 0.1) is 11.6 Å². The molecule has 0 spiro atoms. The molecule has 0 atom stereocenters. The Bertz CT molecular complexity index is 869. The number of rotatable bonds is 4. The molecule has 0 aromatic heterocycles. The van der Waals surface area contributed by atoms with Crippen LogP contribution in [0.4, 0.5) is 4.39 Å². The smallest absolute Gasteiger partial charge is 0.260 e. The lowest BCUT2D eigenvalue weighted by atomic mass is 10.1. The van der Waals surface area contributed by atoms with Crippen molar-refractivity contribution in [3.63, 3.8) is 0 Å². The molecule has 0 bridgehead atoms. The normalized spacial score (nSPS) is 13.8. The average Bonchev–Trinajstić information content (AvgIpc) is 2.72. The third-order valence-corrected chi connectivity index (χ3v) is 4.33. The molecule has 2 aromatic carbocycles. The lowest BCUT2D eigenvalue weighted by Crippen LogP contribution is -2.51. The highest BCUT2D eigenvalue weighted by Gasteiger charge is 2.25. The number of hydrogen-bond donors (Lipinski definition) is 0. The van der Waals surface area contributed by atoms with Crippen molar-refractivity contribution in [2.45, 2.75) is 0 Å². The Hall–Kier alpha value is -3.40. The van der Waals surface area contributed by atoms with Gasteiger partial charge in [0, 0.05) is 31.7 Å². The number of piperazine rings is 1. The van der Waals surface area contributed by atoms with Crippen LogP contribution in [-0.4, -0.2) is 54.4 Å². The van der Waals surface area contributed by atoms with Gasteiger partial charge in [-0.25, -0.2) is 4.39 Å². The van der Waals surface area contributed by atoms with Crippen LogP contribution in [0.25, 0.3) is 0 Å². The maximum atomic E-state index is 12.9. The van der Waals surface area contributed by atoms with Crippen LogP contribution in [0.5, 0.6) is 5.75 Å². The van der Waals surface area contributed by atoms with E-state index < -0.39 is 0 Å². The highest BCUT2D eigenvalue weighted by atomic mass is 19.1. The van der Waals surface area contributed by atoms with E-state index in [1.807, 2.05) is 6.07 Å². The van der Waals surface area contributed by atoms with Gasteiger partial charge < -0.3 is 14.5 Å². The Kier molecular flexibility index (Phi) is 5.67. The van der Waals surface area contributed by atoms with Gasteiger partial charge in [0.1, 0.15) is 11.6 Å². The van der Waals surface area contributed by atoms with E-state index in [0.29, 0.717) is 43.1 Å². The van der Waals surface area contributed by atoms with Crippen LogP contribution in [0.15, 0.2) is 48.5 Å². The molecule has 1 heterocycles. The maximum absolute atomic E-state index is 12.9. The second kappa shape index (κ2) is 8.32. The van der Waals surface area contributed by atoms with E-state index in [-0.39, 0.29) is 24.2 Å². The standard InChI is InChI=1S/C20H18FN3O3/c21-17-4-6-18(7-5-17)27-14-19(25)23-8-10-24(11-9-23)20(26)16-3-1-2-15(12-16)13-22/h1-7,12H,8-11,14H2. The molecule has 138 valence electrons. The first-order valence-corrected chi connectivity index (χ1v) is 8.52. The third-order valence-electron chi connectivity index (χ3n) is 4.33. The highest BCUT2D eigenvalue weighted by molar-refractivity contribution is 5.94. The number of carbonyl (C=O) groups is 2. The fraction of sp³-hybridized carbons (Fsp3) is 0.250. The molecule has 3 rings (SSSR count). The van der Waals surface area contributed by atoms with Crippen LogP contribution < -0.4 is 4.74 Å². The van der Waals surface area contributed by atoms with Gasteiger partial charge in [-0.2, -0.15) is 5.26 Å². The van der Waals surface area contributed by atoms with Crippen LogP contribution in [0.3, 0.4) is 0 Å². The van der Waals surface area contributed by atoms with Crippen LogP contribution in [0.1, 0.15) is 15.9 Å². The summed E-state index contributed by atoms with van der Waals surface area (Å²) in [6.45, 7) is 1.52. The summed E-state index contributed by atoms with van der Waals surface area (Å²) in [7, 11) is 0. The van der Waals surface area contributed by atoms with E-state index in [0.717, 1.165) is 0 Å². The van der Waals surface area contributed by atoms with E-state index >= 15 is 0 Å². The summed E-state index contributed by atoms with van der Waals surface area (Å²) >= 11 is 0. The Labute approximate surface area is 156 Å². The molecule has 7 heteroatoms. The molecular weight excluding hydrogens is 349 g/mol. The minimum Gasteiger partial charge on any atom is -0.484 e. The number of nitrogens with zero attached hydrogens (tertiary/aromatic N) is 3. The Balaban J connectivity index is 1.50. The lowest BCUT2D eigenvalue weighted by molar-refractivity contribution is -0.134. The number of benzene rings is 2. The van der Waals surface area contributed by atoms with Crippen molar-refractivity contribution in [2.75, 3.05) is 32.8 Å². The van der Waals surface area contributed by atoms with Crippen molar-refractivity contribution in [1.29, 1.82) is 5.26 Å². The van der Waals surface area contributed by atoms with Gasteiger partial charge in [0.2, 0.25) is 0 Å². The molecule has 2 amide bonds. The molecule has 1 aliphatic rings. The predicted octanol–water partition coefficient (Wildman–Crippen LogP) is 2.06. The lowest BCUT2D eigenvalue weighted by Gasteiger charge is -2.34. The molecule has 0 aliphatic carbocycles. The number of halogens is 1. The van der Waals surface area contributed by atoms with Crippen molar-refractivity contribution in [3.8, 4) is 11.8 Å². The summed E-state index contributed by atoms with van der Waals surface area (Å²) in [5, 5.41) is 8.95. The minimum atomic E-state index is -0.366. The largest absolute Gasteiger partial charge is 0.484 e. The number of carbonyl (C=O) groups excluding carboxylic acids is 2. The zero-order valence-corrected chi connectivity index (χ0v) is 14.6. The third kappa shape index (κ3) is 4.61. The molecule has 1 aliphatic heterocycles. The molecule has 1 fully saturated rings. The number of nitriles is 1. The number of amides is 2. The average molecular weight is 367 g/mol. The van der Waals surface area contributed by atoms with Crippen LogP contribution in [-0.2, 0) is 4.79 Å². The molecule has 27 heavy (non-hydrogen) atoms. The molecule has 0 saturated carbocycles.